The summed E-state index contributed by atoms with van der Waals surface area (Å²) in [6.07, 6.45) is 3.52. The molecular weight excluding hydrogens is 238 g/mol. The molecule has 0 radical (unpaired) electrons. The maximum absolute atomic E-state index is 12.2. The largest absolute Gasteiger partial charge is 0.342 e. The minimum atomic E-state index is 0.183. The second-order valence-electron chi connectivity index (χ2n) is 5.97. The highest BCUT2D eigenvalue weighted by Gasteiger charge is 2.47. The Morgan fingerprint density at radius 1 is 1.32 bits per heavy atom. The Kier molecular flexibility index (Phi) is 2.22. The standard InChI is InChI=1S/C15H17N3O/c1-8-16-13-3-2-12(7-14(13)17-8)18-15(19)11-5-9-4-10(9)6-11/h2-3,7,9-11H,4-6H2,1H3,(H,16,17)(H,18,19). The monoisotopic (exact) mass is 255 g/mol. The Balaban J connectivity index is 1.52. The molecule has 2 aliphatic carbocycles. The number of fused-ring (bicyclic) bond motifs is 2. The topological polar surface area (TPSA) is 57.8 Å². The maximum Gasteiger partial charge on any atom is 0.227 e. The van der Waals surface area contributed by atoms with Crippen molar-refractivity contribution in [3.8, 4) is 0 Å². The van der Waals surface area contributed by atoms with Crippen molar-refractivity contribution in [2.45, 2.75) is 26.2 Å². The van der Waals surface area contributed by atoms with Crippen molar-refractivity contribution in [1.82, 2.24) is 9.97 Å². The van der Waals surface area contributed by atoms with Gasteiger partial charge in [-0.2, -0.15) is 0 Å². The van der Waals surface area contributed by atoms with Crippen molar-refractivity contribution in [3.63, 3.8) is 0 Å². The summed E-state index contributed by atoms with van der Waals surface area (Å²) < 4.78 is 0. The number of nitrogens with one attached hydrogen (secondary N) is 2. The van der Waals surface area contributed by atoms with Gasteiger partial charge in [0.25, 0.3) is 0 Å². The van der Waals surface area contributed by atoms with E-state index in [1.165, 1.54) is 6.42 Å². The van der Waals surface area contributed by atoms with E-state index in [1.54, 1.807) is 0 Å². The number of rotatable bonds is 2. The highest BCUT2D eigenvalue weighted by atomic mass is 16.1. The van der Waals surface area contributed by atoms with Gasteiger partial charge >= 0.3 is 0 Å². The molecule has 1 aromatic carbocycles. The van der Waals surface area contributed by atoms with Gasteiger partial charge in [0.2, 0.25) is 5.91 Å². The van der Waals surface area contributed by atoms with Crippen LogP contribution in [0.15, 0.2) is 18.2 Å². The number of carbonyl (C=O) groups excluding carboxylic acids is 1. The van der Waals surface area contributed by atoms with Crippen LogP contribution in [-0.4, -0.2) is 15.9 Å². The van der Waals surface area contributed by atoms with Crippen molar-refractivity contribution in [2.75, 3.05) is 5.32 Å². The molecule has 2 aromatic rings. The van der Waals surface area contributed by atoms with Crippen LogP contribution in [0.4, 0.5) is 5.69 Å². The van der Waals surface area contributed by atoms with E-state index in [4.69, 9.17) is 0 Å². The van der Waals surface area contributed by atoms with Gasteiger partial charge < -0.3 is 10.3 Å². The normalized spacial score (nSPS) is 28.4. The Labute approximate surface area is 111 Å². The van der Waals surface area contributed by atoms with E-state index < -0.39 is 0 Å². The predicted molar refractivity (Wildman–Crippen MR) is 73.8 cm³/mol. The summed E-state index contributed by atoms with van der Waals surface area (Å²) in [7, 11) is 0. The number of amides is 1. The molecule has 4 nitrogen and oxygen atoms in total. The number of H-pyrrole nitrogens is 1. The molecule has 98 valence electrons. The van der Waals surface area contributed by atoms with Crippen LogP contribution in [0.5, 0.6) is 0 Å². The maximum atomic E-state index is 12.2. The minimum absolute atomic E-state index is 0.183. The van der Waals surface area contributed by atoms with E-state index in [1.807, 2.05) is 25.1 Å². The van der Waals surface area contributed by atoms with E-state index in [-0.39, 0.29) is 11.8 Å². The van der Waals surface area contributed by atoms with Crippen LogP contribution in [0.1, 0.15) is 25.1 Å². The molecule has 2 fully saturated rings. The van der Waals surface area contributed by atoms with Gasteiger partial charge in [0.05, 0.1) is 11.0 Å². The van der Waals surface area contributed by atoms with E-state index >= 15 is 0 Å². The third kappa shape index (κ3) is 1.91. The number of aromatic amines is 1. The molecule has 2 atom stereocenters. The molecule has 0 saturated heterocycles. The first-order chi connectivity index (χ1) is 9.19. The lowest BCUT2D eigenvalue weighted by atomic mass is 10.0. The summed E-state index contributed by atoms with van der Waals surface area (Å²) in [4.78, 5) is 19.7. The summed E-state index contributed by atoms with van der Waals surface area (Å²) in [5.74, 6) is 2.99. The van der Waals surface area contributed by atoms with Gasteiger partial charge in [0, 0.05) is 11.6 Å². The summed E-state index contributed by atoms with van der Waals surface area (Å²) in [5, 5.41) is 3.04. The Hall–Kier alpha value is -1.84. The fraction of sp³-hybridized carbons (Fsp3) is 0.467. The van der Waals surface area contributed by atoms with Crippen molar-refractivity contribution >= 4 is 22.6 Å². The molecule has 1 aromatic heterocycles. The molecule has 1 amide bonds. The Morgan fingerprint density at radius 3 is 2.89 bits per heavy atom. The number of aromatic nitrogens is 2. The molecule has 19 heavy (non-hydrogen) atoms. The zero-order valence-corrected chi connectivity index (χ0v) is 10.9. The molecule has 2 unspecified atom stereocenters. The van der Waals surface area contributed by atoms with E-state index in [2.05, 4.69) is 15.3 Å². The number of anilines is 1. The molecule has 2 N–H and O–H groups in total. The predicted octanol–water partition coefficient (Wildman–Crippen LogP) is 2.86. The second kappa shape index (κ2) is 3.83. The molecular formula is C15H17N3O. The number of aryl methyl sites for hydroxylation is 1. The van der Waals surface area contributed by atoms with Gasteiger partial charge in [-0.15, -0.1) is 0 Å². The zero-order valence-electron chi connectivity index (χ0n) is 10.9. The fourth-order valence-corrected chi connectivity index (χ4v) is 3.39. The van der Waals surface area contributed by atoms with Gasteiger partial charge in [0.15, 0.2) is 0 Å². The lowest BCUT2D eigenvalue weighted by Crippen LogP contribution is -2.21. The van der Waals surface area contributed by atoms with Crippen LogP contribution in [0, 0.1) is 24.7 Å². The lowest BCUT2D eigenvalue weighted by Gasteiger charge is -2.12. The van der Waals surface area contributed by atoms with E-state index in [9.17, 15) is 4.79 Å². The SMILES string of the molecule is Cc1nc2ccc(NC(=O)C3CC4CC4C3)cc2[nH]1. The van der Waals surface area contributed by atoms with Crippen molar-refractivity contribution in [1.29, 1.82) is 0 Å². The molecule has 2 saturated carbocycles. The van der Waals surface area contributed by atoms with Crippen LogP contribution in [0.2, 0.25) is 0 Å². The van der Waals surface area contributed by atoms with Gasteiger partial charge in [-0.25, -0.2) is 4.98 Å². The number of imidazole rings is 1. The quantitative estimate of drug-likeness (QED) is 0.867. The first kappa shape index (κ1) is 11.0. The van der Waals surface area contributed by atoms with Gasteiger partial charge in [-0.05, 0) is 56.2 Å². The first-order valence-electron chi connectivity index (χ1n) is 6.96. The summed E-state index contributed by atoms with van der Waals surface area (Å²) in [5.41, 5.74) is 2.78. The molecule has 0 aliphatic heterocycles. The fourth-order valence-electron chi connectivity index (χ4n) is 3.39. The van der Waals surface area contributed by atoms with E-state index in [0.29, 0.717) is 0 Å². The molecule has 4 heteroatoms. The number of carbonyl (C=O) groups is 1. The number of nitrogens with zero attached hydrogens (tertiary/aromatic N) is 1. The third-order valence-corrected chi connectivity index (χ3v) is 4.48. The van der Waals surface area contributed by atoms with Crippen LogP contribution in [0.25, 0.3) is 11.0 Å². The number of hydrogen-bond donors (Lipinski definition) is 2. The zero-order chi connectivity index (χ0) is 13.0. The van der Waals surface area contributed by atoms with Crippen molar-refractivity contribution in [3.05, 3.63) is 24.0 Å². The van der Waals surface area contributed by atoms with E-state index in [0.717, 1.165) is 47.2 Å². The van der Waals surface area contributed by atoms with Crippen LogP contribution >= 0.6 is 0 Å². The Morgan fingerprint density at radius 2 is 2.11 bits per heavy atom. The van der Waals surface area contributed by atoms with Gasteiger partial charge in [-0.3, -0.25) is 4.79 Å². The highest BCUT2D eigenvalue weighted by molar-refractivity contribution is 5.94. The second-order valence-corrected chi connectivity index (χ2v) is 5.97. The minimum Gasteiger partial charge on any atom is -0.342 e. The average molecular weight is 255 g/mol. The van der Waals surface area contributed by atoms with Gasteiger partial charge in [0.1, 0.15) is 5.82 Å². The average Bonchev–Trinajstić information content (AvgIpc) is 2.82. The Bertz CT molecular complexity index is 650. The van der Waals surface area contributed by atoms with Crippen LogP contribution in [0.3, 0.4) is 0 Å². The first-order valence-corrected chi connectivity index (χ1v) is 6.96. The highest BCUT2D eigenvalue weighted by Crippen LogP contribution is 2.54. The summed E-state index contributed by atoms with van der Waals surface area (Å²) >= 11 is 0. The molecule has 0 spiro atoms. The van der Waals surface area contributed by atoms with Crippen LogP contribution in [-0.2, 0) is 4.79 Å². The number of hydrogen-bond acceptors (Lipinski definition) is 2. The lowest BCUT2D eigenvalue weighted by molar-refractivity contribution is -0.120. The van der Waals surface area contributed by atoms with Crippen molar-refractivity contribution < 1.29 is 4.79 Å². The third-order valence-electron chi connectivity index (χ3n) is 4.48. The smallest absolute Gasteiger partial charge is 0.227 e. The number of benzene rings is 1. The molecule has 0 bridgehead atoms. The molecule has 1 heterocycles. The summed E-state index contributed by atoms with van der Waals surface area (Å²) in [6, 6.07) is 5.83. The van der Waals surface area contributed by atoms with Crippen molar-refractivity contribution in [2.24, 2.45) is 17.8 Å². The molecule has 2 aliphatic rings. The summed E-state index contributed by atoms with van der Waals surface area (Å²) in [6.45, 7) is 1.93. The van der Waals surface area contributed by atoms with Gasteiger partial charge in [-0.1, -0.05) is 0 Å². The van der Waals surface area contributed by atoms with Crippen LogP contribution < -0.4 is 5.32 Å². The molecule has 4 rings (SSSR count).